The summed E-state index contributed by atoms with van der Waals surface area (Å²) < 4.78 is 44.2. The van der Waals surface area contributed by atoms with Crippen molar-refractivity contribution < 1.29 is 22.4 Å². The van der Waals surface area contributed by atoms with Crippen LogP contribution in [-0.4, -0.2) is 5.91 Å². The van der Waals surface area contributed by atoms with E-state index in [0.717, 1.165) is 17.7 Å². The van der Waals surface area contributed by atoms with Crippen LogP contribution >= 0.6 is 0 Å². The molecule has 100 valence electrons. The zero-order valence-electron chi connectivity index (χ0n) is 10.2. The van der Waals surface area contributed by atoms with Crippen molar-refractivity contribution in [2.75, 3.05) is 5.32 Å². The molecule has 2 rings (SSSR count). The number of amides is 1. The normalized spacial score (nSPS) is 10.6. The van der Waals surface area contributed by atoms with Gasteiger partial charge < -0.3 is 9.73 Å². The highest BCUT2D eigenvalue weighted by Gasteiger charge is 2.18. The molecule has 19 heavy (non-hydrogen) atoms. The molecule has 1 heterocycles. The molecule has 0 spiro atoms. The summed E-state index contributed by atoms with van der Waals surface area (Å²) in [5, 5.41) is 2.12. The Morgan fingerprint density at radius 3 is 2.42 bits per heavy atom. The van der Waals surface area contributed by atoms with Gasteiger partial charge in [-0.25, -0.2) is 13.2 Å². The Morgan fingerprint density at radius 1 is 1.16 bits per heavy atom. The minimum atomic E-state index is -1.63. The van der Waals surface area contributed by atoms with Crippen molar-refractivity contribution in [2.24, 2.45) is 0 Å². The second-order valence-corrected chi connectivity index (χ2v) is 4.03. The summed E-state index contributed by atoms with van der Waals surface area (Å²) in [5.74, 6) is -4.62. The highest BCUT2D eigenvalue weighted by atomic mass is 19.2. The van der Waals surface area contributed by atoms with Crippen molar-refractivity contribution in [3.8, 4) is 0 Å². The first-order valence-electron chi connectivity index (χ1n) is 5.42. The van der Waals surface area contributed by atoms with Crippen molar-refractivity contribution in [1.29, 1.82) is 0 Å². The third-order valence-corrected chi connectivity index (χ3v) is 2.67. The predicted octanol–water partition coefficient (Wildman–Crippen LogP) is 3.57. The van der Waals surface area contributed by atoms with Gasteiger partial charge in [0.25, 0.3) is 5.91 Å². The number of furan rings is 1. The van der Waals surface area contributed by atoms with Crippen molar-refractivity contribution in [1.82, 2.24) is 0 Å². The molecule has 0 saturated carbocycles. The summed E-state index contributed by atoms with van der Waals surface area (Å²) in [4.78, 5) is 11.7. The number of benzene rings is 1. The number of hydrogen-bond acceptors (Lipinski definition) is 2. The van der Waals surface area contributed by atoms with Crippen molar-refractivity contribution in [3.63, 3.8) is 0 Å². The quantitative estimate of drug-likeness (QED) is 0.847. The van der Waals surface area contributed by atoms with Gasteiger partial charge in [-0.1, -0.05) is 0 Å². The van der Waals surface area contributed by atoms with Gasteiger partial charge in [-0.3, -0.25) is 4.79 Å². The molecule has 1 aromatic carbocycles. The average molecular weight is 269 g/mol. The lowest BCUT2D eigenvalue weighted by Gasteiger charge is -2.05. The van der Waals surface area contributed by atoms with E-state index < -0.39 is 29.0 Å². The molecule has 6 heteroatoms. The molecule has 1 aromatic heterocycles. The Labute approximate surface area is 107 Å². The third kappa shape index (κ3) is 2.47. The predicted molar refractivity (Wildman–Crippen MR) is 62.5 cm³/mol. The molecule has 0 bridgehead atoms. The maximum Gasteiger partial charge on any atom is 0.291 e. The number of carbonyl (C=O) groups is 1. The zero-order valence-corrected chi connectivity index (χ0v) is 10.2. The second kappa shape index (κ2) is 4.79. The third-order valence-electron chi connectivity index (χ3n) is 2.67. The van der Waals surface area contributed by atoms with Crippen LogP contribution in [0.3, 0.4) is 0 Å². The van der Waals surface area contributed by atoms with Gasteiger partial charge in [0.15, 0.2) is 23.2 Å². The van der Waals surface area contributed by atoms with E-state index >= 15 is 0 Å². The summed E-state index contributed by atoms with van der Waals surface area (Å²) in [6.07, 6.45) is 0. The average Bonchev–Trinajstić information content (AvgIpc) is 2.70. The number of anilines is 1. The molecule has 1 N–H and O–H groups in total. The molecule has 0 unspecified atom stereocenters. The van der Waals surface area contributed by atoms with Gasteiger partial charge in [0.1, 0.15) is 5.76 Å². The van der Waals surface area contributed by atoms with Crippen LogP contribution in [0.25, 0.3) is 0 Å². The Kier molecular flexibility index (Phi) is 3.33. The first-order chi connectivity index (χ1) is 8.90. The van der Waals surface area contributed by atoms with Crippen LogP contribution in [-0.2, 0) is 0 Å². The van der Waals surface area contributed by atoms with Crippen LogP contribution in [0.1, 0.15) is 21.9 Å². The monoisotopic (exact) mass is 269 g/mol. The van der Waals surface area contributed by atoms with Gasteiger partial charge in [0.05, 0.1) is 5.69 Å². The van der Waals surface area contributed by atoms with Crippen LogP contribution in [0.2, 0.25) is 0 Å². The molecule has 0 atom stereocenters. The topological polar surface area (TPSA) is 42.2 Å². The molecule has 0 aliphatic rings. The van der Waals surface area contributed by atoms with Crippen molar-refractivity contribution in [3.05, 3.63) is 52.7 Å². The van der Waals surface area contributed by atoms with Gasteiger partial charge in [-0.05, 0) is 37.6 Å². The summed E-state index contributed by atoms with van der Waals surface area (Å²) in [6, 6.07) is 3.14. The maximum atomic E-state index is 13.4. The van der Waals surface area contributed by atoms with E-state index in [1.165, 1.54) is 6.07 Å². The fraction of sp³-hybridized carbons (Fsp3) is 0.154. The van der Waals surface area contributed by atoms with Gasteiger partial charge >= 0.3 is 0 Å². The van der Waals surface area contributed by atoms with E-state index in [0.29, 0.717) is 5.76 Å². The van der Waals surface area contributed by atoms with Crippen LogP contribution in [0.5, 0.6) is 0 Å². The fourth-order valence-electron chi connectivity index (χ4n) is 1.49. The van der Waals surface area contributed by atoms with Gasteiger partial charge in [0.2, 0.25) is 0 Å². The smallest absolute Gasteiger partial charge is 0.291 e. The van der Waals surface area contributed by atoms with E-state index in [1.807, 2.05) is 0 Å². The van der Waals surface area contributed by atoms with E-state index in [9.17, 15) is 18.0 Å². The number of hydrogen-bond donors (Lipinski definition) is 1. The number of rotatable bonds is 2. The Hall–Kier alpha value is -2.24. The lowest BCUT2D eigenvalue weighted by molar-refractivity contribution is 0.0995. The lowest BCUT2D eigenvalue weighted by Crippen LogP contribution is -2.13. The molecule has 1 amide bonds. The van der Waals surface area contributed by atoms with E-state index in [-0.39, 0.29) is 5.76 Å². The van der Waals surface area contributed by atoms with Crippen molar-refractivity contribution in [2.45, 2.75) is 13.8 Å². The summed E-state index contributed by atoms with van der Waals surface area (Å²) >= 11 is 0. The fourth-order valence-corrected chi connectivity index (χ4v) is 1.49. The molecule has 0 radical (unpaired) electrons. The standard InChI is InChI=1S/C13H10F3NO2/c1-6-5-10(19-7(6)2)13(18)17-9-4-3-8(14)11(15)12(9)16/h3-5H,1-2H3,(H,17,18). The Balaban J connectivity index is 2.27. The van der Waals surface area contributed by atoms with Crippen LogP contribution in [0.15, 0.2) is 22.6 Å². The maximum absolute atomic E-state index is 13.4. The molecule has 0 aliphatic carbocycles. The van der Waals surface area contributed by atoms with Gasteiger partial charge in [0, 0.05) is 0 Å². The summed E-state index contributed by atoms with van der Waals surface area (Å²) in [6.45, 7) is 3.41. The molecule has 3 nitrogen and oxygen atoms in total. The number of aryl methyl sites for hydroxylation is 2. The molecule has 0 aliphatic heterocycles. The molecule has 2 aromatic rings. The number of nitrogens with one attached hydrogen (secondary N) is 1. The highest BCUT2D eigenvalue weighted by molar-refractivity contribution is 6.02. The molecular formula is C13H10F3NO2. The minimum Gasteiger partial charge on any atom is -0.456 e. The number of halogens is 3. The lowest BCUT2D eigenvalue weighted by atomic mass is 10.2. The van der Waals surface area contributed by atoms with Gasteiger partial charge in [-0.15, -0.1) is 0 Å². The highest BCUT2D eigenvalue weighted by Crippen LogP contribution is 2.21. The van der Waals surface area contributed by atoms with E-state index in [1.54, 1.807) is 13.8 Å². The van der Waals surface area contributed by atoms with Crippen LogP contribution in [0, 0.1) is 31.3 Å². The van der Waals surface area contributed by atoms with Crippen LogP contribution in [0.4, 0.5) is 18.9 Å². The second-order valence-electron chi connectivity index (χ2n) is 4.03. The first-order valence-corrected chi connectivity index (χ1v) is 5.42. The van der Waals surface area contributed by atoms with Crippen LogP contribution < -0.4 is 5.32 Å². The zero-order chi connectivity index (χ0) is 14.2. The Morgan fingerprint density at radius 2 is 1.84 bits per heavy atom. The largest absolute Gasteiger partial charge is 0.456 e. The van der Waals surface area contributed by atoms with E-state index in [2.05, 4.69) is 5.32 Å². The van der Waals surface area contributed by atoms with E-state index in [4.69, 9.17) is 4.42 Å². The molecule has 0 fully saturated rings. The summed E-state index contributed by atoms with van der Waals surface area (Å²) in [7, 11) is 0. The minimum absolute atomic E-state index is 0.0286. The molecular weight excluding hydrogens is 259 g/mol. The SMILES string of the molecule is Cc1cc(C(=O)Nc2ccc(F)c(F)c2F)oc1C. The molecule has 0 saturated heterocycles. The van der Waals surface area contributed by atoms with Crippen molar-refractivity contribution >= 4 is 11.6 Å². The first kappa shape index (κ1) is 13.2. The van der Waals surface area contributed by atoms with Gasteiger partial charge in [-0.2, -0.15) is 0 Å². The summed E-state index contributed by atoms with van der Waals surface area (Å²) in [5.41, 5.74) is 0.312. The number of carbonyl (C=O) groups excluding carboxylic acids is 1. The Bertz CT molecular complexity index is 630.